The number of hydrogen-bond acceptors (Lipinski definition) is 1. The van der Waals surface area contributed by atoms with E-state index in [1.165, 1.54) is 19.3 Å². The van der Waals surface area contributed by atoms with Crippen LogP contribution in [0.4, 0.5) is 0 Å². The molecule has 0 aromatic carbocycles. The van der Waals surface area contributed by atoms with Crippen molar-refractivity contribution >= 4 is 12.6 Å². The van der Waals surface area contributed by atoms with Gasteiger partial charge in [0.05, 0.1) is 5.37 Å². The zero-order valence-electron chi connectivity index (χ0n) is 5.39. The third-order valence-corrected chi connectivity index (χ3v) is 1.33. The van der Waals surface area contributed by atoms with Gasteiger partial charge in [0, 0.05) is 0 Å². The van der Waals surface area contributed by atoms with Gasteiger partial charge in [-0.2, -0.15) is 0 Å². The molecule has 0 aliphatic carbocycles. The van der Waals surface area contributed by atoms with Crippen LogP contribution in [0.15, 0.2) is 0 Å². The average molecular weight is 132 g/mol. The van der Waals surface area contributed by atoms with E-state index in [2.05, 4.69) is 6.92 Å². The summed E-state index contributed by atoms with van der Waals surface area (Å²) in [6, 6.07) is 0. The molecule has 1 radical (unpaired) electrons. The molecule has 0 saturated carbocycles. The maximum Gasteiger partial charge on any atom is 0.0612 e. The van der Waals surface area contributed by atoms with Crippen LogP contribution in [0.2, 0.25) is 0 Å². The summed E-state index contributed by atoms with van der Waals surface area (Å²) in [6.45, 7) is 2.18. The van der Waals surface area contributed by atoms with Crippen LogP contribution < -0.4 is 5.73 Å². The first-order valence-electron chi connectivity index (χ1n) is 3.18. The molecular weight excluding hydrogens is 118 g/mol. The third-order valence-electron chi connectivity index (χ3n) is 1.09. The van der Waals surface area contributed by atoms with E-state index in [1.807, 2.05) is 0 Å². The summed E-state index contributed by atoms with van der Waals surface area (Å²) >= 11 is 4.77. The van der Waals surface area contributed by atoms with Crippen LogP contribution in [0.25, 0.3) is 0 Å². The lowest BCUT2D eigenvalue weighted by atomic mass is 10.2. The van der Waals surface area contributed by atoms with Crippen molar-refractivity contribution in [2.75, 3.05) is 0 Å². The Morgan fingerprint density at radius 1 is 1.50 bits per heavy atom. The van der Waals surface area contributed by atoms with Gasteiger partial charge in [0.1, 0.15) is 0 Å². The number of unbranched alkanes of at least 4 members (excludes halogenated alkanes) is 2. The zero-order chi connectivity index (χ0) is 6.41. The Hall–Kier alpha value is 0.310. The van der Waals surface area contributed by atoms with Gasteiger partial charge in [0.25, 0.3) is 0 Å². The summed E-state index contributed by atoms with van der Waals surface area (Å²) in [7, 11) is 0. The van der Waals surface area contributed by atoms with E-state index in [-0.39, 0.29) is 5.37 Å². The van der Waals surface area contributed by atoms with Gasteiger partial charge >= 0.3 is 0 Å². The first kappa shape index (κ1) is 8.31. The highest BCUT2D eigenvalue weighted by atomic mass is 32.1. The largest absolute Gasteiger partial charge is 0.319 e. The van der Waals surface area contributed by atoms with Crippen LogP contribution in [0.1, 0.15) is 32.6 Å². The number of hydrogen-bond donors (Lipinski definition) is 1. The highest BCUT2D eigenvalue weighted by molar-refractivity contribution is 7.80. The fourth-order valence-corrected chi connectivity index (χ4v) is 0.762. The minimum absolute atomic E-state index is 0.0125. The molecule has 1 nitrogen and oxygen atoms in total. The zero-order valence-corrected chi connectivity index (χ0v) is 6.21. The van der Waals surface area contributed by atoms with E-state index in [1.54, 1.807) is 0 Å². The molecule has 49 valence electrons. The van der Waals surface area contributed by atoms with Crippen molar-refractivity contribution in [2.24, 2.45) is 5.73 Å². The van der Waals surface area contributed by atoms with E-state index >= 15 is 0 Å². The second kappa shape index (κ2) is 5.45. The van der Waals surface area contributed by atoms with E-state index in [9.17, 15) is 0 Å². The predicted octanol–water partition coefficient (Wildman–Crippen LogP) is 2.05. The Balaban J connectivity index is 2.72. The monoisotopic (exact) mass is 132 g/mol. The highest BCUT2D eigenvalue weighted by Gasteiger charge is 1.92. The van der Waals surface area contributed by atoms with E-state index in [0.717, 1.165) is 6.42 Å². The van der Waals surface area contributed by atoms with Gasteiger partial charge in [-0.1, -0.05) is 38.8 Å². The Morgan fingerprint density at radius 3 is 2.50 bits per heavy atom. The van der Waals surface area contributed by atoms with Crippen molar-refractivity contribution in [3.8, 4) is 0 Å². The van der Waals surface area contributed by atoms with Crippen LogP contribution in [0.3, 0.4) is 0 Å². The van der Waals surface area contributed by atoms with Crippen LogP contribution in [-0.2, 0) is 0 Å². The quantitative estimate of drug-likeness (QED) is 0.582. The minimum atomic E-state index is -0.0125. The van der Waals surface area contributed by atoms with Crippen LogP contribution in [-0.4, -0.2) is 5.37 Å². The van der Waals surface area contributed by atoms with Crippen LogP contribution >= 0.6 is 12.6 Å². The molecule has 0 aromatic rings. The molecule has 0 fully saturated rings. The first-order chi connectivity index (χ1) is 3.77. The molecule has 1 unspecified atom stereocenters. The molecule has 0 rings (SSSR count). The molecule has 0 bridgehead atoms. The second-order valence-electron chi connectivity index (χ2n) is 2.03. The summed E-state index contributed by atoms with van der Waals surface area (Å²) < 4.78 is 0. The van der Waals surface area contributed by atoms with Gasteiger partial charge in [-0.3, -0.25) is 0 Å². The second-order valence-corrected chi connectivity index (χ2v) is 2.64. The van der Waals surface area contributed by atoms with Gasteiger partial charge in [-0.05, 0) is 6.42 Å². The molecule has 2 heteroatoms. The molecule has 2 N–H and O–H groups in total. The van der Waals surface area contributed by atoms with Crippen LogP contribution in [0, 0.1) is 0 Å². The van der Waals surface area contributed by atoms with E-state index < -0.39 is 0 Å². The maximum absolute atomic E-state index is 5.35. The SMILES string of the molecule is CCCCCC(N)[S]. The third kappa shape index (κ3) is 6.31. The molecule has 0 aliphatic heterocycles. The molecule has 0 saturated heterocycles. The fraction of sp³-hybridized carbons (Fsp3) is 1.00. The number of nitrogens with two attached hydrogens (primary N) is 1. The summed E-state index contributed by atoms with van der Waals surface area (Å²) in [6.07, 6.45) is 4.72. The van der Waals surface area contributed by atoms with Gasteiger partial charge in [-0.25, -0.2) is 0 Å². The van der Waals surface area contributed by atoms with Crippen molar-refractivity contribution in [3.63, 3.8) is 0 Å². The first-order valence-corrected chi connectivity index (χ1v) is 3.66. The minimum Gasteiger partial charge on any atom is -0.319 e. The Bertz CT molecular complexity index is 45.8. The predicted molar refractivity (Wildman–Crippen MR) is 39.7 cm³/mol. The van der Waals surface area contributed by atoms with Crippen molar-refractivity contribution in [2.45, 2.75) is 38.0 Å². The summed E-state index contributed by atoms with van der Waals surface area (Å²) in [5.41, 5.74) is 5.35. The smallest absolute Gasteiger partial charge is 0.0612 e. The molecule has 0 amide bonds. The van der Waals surface area contributed by atoms with E-state index in [4.69, 9.17) is 18.4 Å². The van der Waals surface area contributed by atoms with Gasteiger partial charge in [0.15, 0.2) is 0 Å². The van der Waals surface area contributed by atoms with Gasteiger partial charge < -0.3 is 5.73 Å². The Kier molecular flexibility index (Phi) is 5.66. The lowest BCUT2D eigenvalue weighted by Gasteiger charge is -1.99. The van der Waals surface area contributed by atoms with E-state index in [0.29, 0.717) is 0 Å². The standard InChI is InChI=1S/C6H14NS/c1-2-3-4-5-6(7)8/h6H,2-5,7H2,1H3. The van der Waals surface area contributed by atoms with Crippen molar-refractivity contribution in [3.05, 3.63) is 0 Å². The van der Waals surface area contributed by atoms with Gasteiger partial charge in [0.2, 0.25) is 0 Å². The summed E-state index contributed by atoms with van der Waals surface area (Å²) in [5.74, 6) is 0. The van der Waals surface area contributed by atoms with Crippen molar-refractivity contribution in [1.29, 1.82) is 0 Å². The fourth-order valence-electron chi connectivity index (χ4n) is 0.596. The molecule has 8 heavy (non-hydrogen) atoms. The van der Waals surface area contributed by atoms with Crippen LogP contribution in [0.5, 0.6) is 0 Å². The molecule has 0 aromatic heterocycles. The Labute approximate surface area is 57.1 Å². The molecule has 0 spiro atoms. The van der Waals surface area contributed by atoms with Gasteiger partial charge in [-0.15, -0.1) is 0 Å². The molecular formula is C6H14NS. The summed E-state index contributed by atoms with van der Waals surface area (Å²) in [4.78, 5) is 0. The lowest BCUT2D eigenvalue weighted by Crippen LogP contribution is -2.10. The average Bonchev–Trinajstić information content (AvgIpc) is 1.66. The normalized spacial score (nSPS) is 13.9. The van der Waals surface area contributed by atoms with Crippen molar-refractivity contribution < 1.29 is 0 Å². The topological polar surface area (TPSA) is 26.0 Å². The highest BCUT2D eigenvalue weighted by Crippen LogP contribution is 2.02. The molecule has 0 aliphatic rings. The Morgan fingerprint density at radius 2 is 2.12 bits per heavy atom. The maximum atomic E-state index is 5.35. The van der Waals surface area contributed by atoms with Crippen molar-refractivity contribution in [1.82, 2.24) is 0 Å². The molecule has 0 heterocycles. The summed E-state index contributed by atoms with van der Waals surface area (Å²) in [5, 5.41) is -0.0125. The lowest BCUT2D eigenvalue weighted by molar-refractivity contribution is 0.656. The number of rotatable bonds is 4. The molecule has 1 atom stereocenters.